The van der Waals surface area contributed by atoms with Crippen molar-refractivity contribution in [1.82, 2.24) is 10.3 Å². The van der Waals surface area contributed by atoms with Gasteiger partial charge in [0.05, 0.1) is 12.5 Å². The Morgan fingerprint density at radius 2 is 1.91 bits per heavy atom. The zero-order chi connectivity index (χ0) is 23.7. The lowest BCUT2D eigenvalue weighted by molar-refractivity contribution is -0.143. The topological polar surface area (TPSA) is 88.6 Å². The van der Waals surface area contributed by atoms with Crippen LogP contribution >= 0.6 is 0 Å². The number of aromatic nitrogens is 1. The second kappa shape index (κ2) is 9.05. The summed E-state index contributed by atoms with van der Waals surface area (Å²) in [7, 11) is 1.39. The Labute approximate surface area is 199 Å². The van der Waals surface area contributed by atoms with E-state index in [1.54, 1.807) is 35.5 Å². The number of anilines is 1. The third kappa shape index (κ3) is 3.89. The van der Waals surface area contributed by atoms with Gasteiger partial charge in [-0.25, -0.2) is 4.79 Å². The summed E-state index contributed by atoms with van der Waals surface area (Å²) >= 11 is 0. The van der Waals surface area contributed by atoms with E-state index in [1.807, 2.05) is 12.1 Å². The van der Waals surface area contributed by atoms with Gasteiger partial charge in [0.25, 0.3) is 5.91 Å². The standard InChI is InChI=1S/C27H29N3O4/c1-34-26(33)21(29-23-17-24(31)27(23)10-3-2-4-11-27)16-18-5-6-22-20(15-18)9-14-30(22)25(32)19-7-12-28-13-8-19/h5-8,12-13,15,17,21,29H,2-4,9-11,14,16H2,1H3. The Kier molecular flexibility index (Phi) is 5.94. The summed E-state index contributed by atoms with van der Waals surface area (Å²) in [6, 6.07) is 8.87. The number of methoxy groups -OCH3 is 1. The molecule has 2 heterocycles. The highest BCUT2D eigenvalue weighted by Gasteiger charge is 2.49. The predicted octanol–water partition coefficient (Wildman–Crippen LogP) is 3.38. The van der Waals surface area contributed by atoms with Crippen LogP contribution in [0.3, 0.4) is 0 Å². The molecule has 1 fully saturated rings. The van der Waals surface area contributed by atoms with Crippen molar-refractivity contribution < 1.29 is 19.1 Å². The Bertz CT molecular complexity index is 1150. The monoisotopic (exact) mass is 459 g/mol. The third-order valence-corrected chi connectivity index (χ3v) is 7.44. The molecule has 0 bridgehead atoms. The molecule has 2 aromatic rings. The van der Waals surface area contributed by atoms with Crippen LogP contribution in [0.1, 0.15) is 53.6 Å². The molecule has 1 aromatic carbocycles. The van der Waals surface area contributed by atoms with Crippen LogP contribution in [-0.2, 0) is 27.2 Å². The predicted molar refractivity (Wildman–Crippen MR) is 127 cm³/mol. The highest BCUT2D eigenvalue weighted by Crippen LogP contribution is 2.48. The van der Waals surface area contributed by atoms with Crippen molar-refractivity contribution in [2.45, 2.75) is 51.0 Å². The number of carbonyl (C=O) groups excluding carboxylic acids is 3. The van der Waals surface area contributed by atoms with Gasteiger partial charge < -0.3 is 15.0 Å². The van der Waals surface area contributed by atoms with Crippen molar-refractivity contribution in [3.05, 3.63) is 71.2 Å². The minimum Gasteiger partial charge on any atom is -0.467 e. The first-order valence-electron chi connectivity index (χ1n) is 12.0. The van der Waals surface area contributed by atoms with E-state index in [-0.39, 0.29) is 17.7 Å². The van der Waals surface area contributed by atoms with E-state index in [0.717, 1.165) is 61.0 Å². The van der Waals surface area contributed by atoms with Gasteiger partial charge in [-0.2, -0.15) is 0 Å². The first kappa shape index (κ1) is 22.3. The first-order chi connectivity index (χ1) is 16.5. The van der Waals surface area contributed by atoms with Gasteiger partial charge in [-0.15, -0.1) is 0 Å². The zero-order valence-corrected chi connectivity index (χ0v) is 19.4. The van der Waals surface area contributed by atoms with Crippen molar-refractivity contribution in [3.8, 4) is 0 Å². The summed E-state index contributed by atoms with van der Waals surface area (Å²) in [6.07, 6.45) is 11.0. The lowest BCUT2D eigenvalue weighted by atomic mass is 9.62. The number of hydrogen-bond donors (Lipinski definition) is 1. The second-order valence-corrected chi connectivity index (χ2v) is 9.39. The van der Waals surface area contributed by atoms with Crippen molar-refractivity contribution in [3.63, 3.8) is 0 Å². The molecule has 0 radical (unpaired) electrons. The van der Waals surface area contributed by atoms with E-state index < -0.39 is 11.5 Å². The summed E-state index contributed by atoms with van der Waals surface area (Å²) in [4.78, 5) is 43.8. The molecule has 176 valence electrons. The molecular formula is C27H29N3O4. The summed E-state index contributed by atoms with van der Waals surface area (Å²) in [5, 5.41) is 3.36. The number of nitrogens with one attached hydrogen (secondary N) is 1. The number of benzene rings is 1. The Balaban J connectivity index is 1.32. The highest BCUT2D eigenvalue weighted by atomic mass is 16.5. The van der Waals surface area contributed by atoms with Crippen LogP contribution in [0, 0.1) is 5.41 Å². The number of hydrogen-bond acceptors (Lipinski definition) is 6. The summed E-state index contributed by atoms with van der Waals surface area (Å²) in [6.45, 7) is 0.621. The van der Waals surface area contributed by atoms with E-state index in [0.29, 0.717) is 18.5 Å². The average Bonchev–Trinajstić information content (AvgIpc) is 3.31. The minimum atomic E-state index is -0.572. The summed E-state index contributed by atoms with van der Waals surface area (Å²) < 4.78 is 5.08. The van der Waals surface area contributed by atoms with E-state index >= 15 is 0 Å². The molecule has 34 heavy (non-hydrogen) atoms. The first-order valence-corrected chi connectivity index (χ1v) is 12.0. The number of allylic oxidation sites excluding steroid dienone is 2. The van der Waals surface area contributed by atoms with Crippen LogP contribution in [0.5, 0.6) is 0 Å². The second-order valence-electron chi connectivity index (χ2n) is 9.39. The van der Waals surface area contributed by atoms with Crippen LogP contribution in [0.2, 0.25) is 0 Å². The maximum absolute atomic E-state index is 12.9. The third-order valence-electron chi connectivity index (χ3n) is 7.44. The van der Waals surface area contributed by atoms with Crippen molar-refractivity contribution in [1.29, 1.82) is 0 Å². The van der Waals surface area contributed by atoms with Gasteiger partial charge in [-0.1, -0.05) is 31.4 Å². The number of nitrogens with zero attached hydrogens (tertiary/aromatic N) is 2. The smallest absolute Gasteiger partial charge is 0.328 e. The minimum absolute atomic E-state index is 0.0395. The van der Waals surface area contributed by atoms with Gasteiger partial charge in [0.1, 0.15) is 6.04 Å². The lowest BCUT2D eigenvalue weighted by Crippen LogP contribution is -2.52. The molecule has 1 unspecified atom stereocenters. The molecule has 1 N–H and O–H groups in total. The molecule has 5 rings (SSSR count). The molecular weight excluding hydrogens is 430 g/mol. The van der Waals surface area contributed by atoms with Gasteiger partial charge in [-0.05, 0) is 48.6 Å². The van der Waals surface area contributed by atoms with Crippen molar-refractivity contribution in [2.75, 3.05) is 18.6 Å². The van der Waals surface area contributed by atoms with Gasteiger partial charge in [-0.3, -0.25) is 14.6 Å². The maximum atomic E-state index is 12.9. The Morgan fingerprint density at radius 3 is 2.62 bits per heavy atom. The van der Waals surface area contributed by atoms with E-state index in [9.17, 15) is 14.4 Å². The highest BCUT2D eigenvalue weighted by molar-refractivity contribution is 6.07. The van der Waals surface area contributed by atoms with Crippen LogP contribution in [0.4, 0.5) is 5.69 Å². The number of esters is 1. The summed E-state index contributed by atoms with van der Waals surface area (Å²) in [5.41, 5.74) is 4.04. The van der Waals surface area contributed by atoms with Crippen LogP contribution in [0.25, 0.3) is 0 Å². The molecule has 2 aliphatic carbocycles. The van der Waals surface area contributed by atoms with Gasteiger partial charge >= 0.3 is 5.97 Å². The number of pyridine rings is 1. The number of ether oxygens (including phenoxy) is 1. The lowest BCUT2D eigenvalue weighted by Gasteiger charge is -2.44. The van der Waals surface area contributed by atoms with E-state index in [2.05, 4.69) is 16.4 Å². The molecule has 1 atom stereocenters. The van der Waals surface area contributed by atoms with Crippen LogP contribution in [0.15, 0.2) is 54.5 Å². The number of ketones is 1. The fourth-order valence-corrected chi connectivity index (χ4v) is 5.52. The Hall–Kier alpha value is -3.48. The zero-order valence-electron chi connectivity index (χ0n) is 19.4. The van der Waals surface area contributed by atoms with E-state index in [1.165, 1.54) is 7.11 Å². The molecule has 7 heteroatoms. The van der Waals surface area contributed by atoms with Gasteiger partial charge in [0.2, 0.25) is 0 Å². The molecule has 1 spiro atoms. The quantitative estimate of drug-likeness (QED) is 0.667. The van der Waals surface area contributed by atoms with Crippen LogP contribution < -0.4 is 10.2 Å². The number of carbonyl (C=O) groups is 3. The molecule has 3 aliphatic rings. The maximum Gasteiger partial charge on any atom is 0.328 e. The molecule has 1 saturated carbocycles. The fraction of sp³-hybridized carbons (Fsp3) is 0.407. The van der Waals surface area contributed by atoms with E-state index in [4.69, 9.17) is 4.74 Å². The molecule has 1 aromatic heterocycles. The fourth-order valence-electron chi connectivity index (χ4n) is 5.52. The van der Waals surface area contributed by atoms with Crippen LogP contribution in [-0.4, -0.2) is 42.3 Å². The molecule has 7 nitrogen and oxygen atoms in total. The van der Waals surface area contributed by atoms with Gasteiger partial charge in [0.15, 0.2) is 5.78 Å². The molecule has 1 aliphatic heterocycles. The Morgan fingerprint density at radius 1 is 1.15 bits per heavy atom. The van der Waals surface area contributed by atoms with Gasteiger partial charge in [0, 0.05) is 48.4 Å². The SMILES string of the molecule is COC(=O)C(Cc1ccc2c(c1)CCN2C(=O)c1ccncc1)NC1=CC(=O)C12CCCCC2. The number of fused-ring (bicyclic) bond motifs is 1. The van der Waals surface area contributed by atoms with Crippen molar-refractivity contribution >= 4 is 23.3 Å². The van der Waals surface area contributed by atoms with Crippen molar-refractivity contribution in [2.24, 2.45) is 5.41 Å². The molecule has 0 saturated heterocycles. The number of amides is 1. The largest absolute Gasteiger partial charge is 0.467 e. The summed E-state index contributed by atoms with van der Waals surface area (Å²) in [5.74, 6) is -0.210. The molecule has 1 amide bonds. The number of rotatable bonds is 6. The average molecular weight is 460 g/mol. The normalized spacial score (nSPS) is 19.1.